The highest BCUT2D eigenvalue weighted by Gasteiger charge is 2.25. The molecule has 0 bridgehead atoms. The van der Waals surface area contributed by atoms with Gasteiger partial charge < -0.3 is 4.90 Å². The molecule has 25 heavy (non-hydrogen) atoms. The molecule has 2 rings (SSSR count). The number of unbranched alkanes of at least 4 members (excludes halogenated alkanes) is 8. The van der Waals surface area contributed by atoms with E-state index >= 15 is 0 Å². The van der Waals surface area contributed by atoms with E-state index in [1.165, 1.54) is 63.4 Å². The fourth-order valence-electron chi connectivity index (χ4n) is 3.85. The summed E-state index contributed by atoms with van der Waals surface area (Å²) in [6.45, 7) is 5.35. The summed E-state index contributed by atoms with van der Waals surface area (Å²) in [4.78, 5) is 14.5. The molecule has 2 heteroatoms. The number of hydrogen-bond acceptors (Lipinski definition) is 1. The molecule has 1 aliphatic heterocycles. The van der Waals surface area contributed by atoms with Crippen molar-refractivity contribution >= 4 is 5.91 Å². The molecule has 2 nitrogen and oxygen atoms in total. The van der Waals surface area contributed by atoms with Crippen LogP contribution in [0.4, 0.5) is 0 Å². The van der Waals surface area contributed by atoms with E-state index in [0.717, 1.165) is 31.4 Å². The van der Waals surface area contributed by atoms with Crippen molar-refractivity contribution in [2.24, 2.45) is 0 Å². The first kappa shape index (κ1) is 20.0. The maximum atomic E-state index is 12.5. The molecule has 0 N–H and O–H groups in total. The van der Waals surface area contributed by atoms with Gasteiger partial charge in [0.2, 0.25) is 0 Å². The Morgan fingerprint density at radius 3 is 2.12 bits per heavy atom. The van der Waals surface area contributed by atoms with Crippen LogP contribution in [0.1, 0.15) is 100 Å². The van der Waals surface area contributed by atoms with Gasteiger partial charge in [0.15, 0.2) is 0 Å². The SMILES string of the molecule is CCCCCCCCCCCc1ccc(C(=O)N2CCC[C@H]2C)cc1. The number of rotatable bonds is 11. The second-order valence-electron chi connectivity index (χ2n) is 7.77. The van der Waals surface area contributed by atoms with Gasteiger partial charge in [-0.05, 0) is 50.3 Å². The second-order valence-corrected chi connectivity index (χ2v) is 7.77. The average molecular weight is 344 g/mol. The monoisotopic (exact) mass is 343 g/mol. The van der Waals surface area contributed by atoms with Crippen LogP contribution in [-0.4, -0.2) is 23.4 Å². The molecule has 0 radical (unpaired) electrons. The number of benzene rings is 1. The molecule has 1 atom stereocenters. The molecule has 1 aromatic rings. The minimum absolute atomic E-state index is 0.208. The lowest BCUT2D eigenvalue weighted by molar-refractivity contribution is 0.0747. The van der Waals surface area contributed by atoms with Crippen LogP contribution in [0.3, 0.4) is 0 Å². The zero-order valence-electron chi connectivity index (χ0n) is 16.4. The van der Waals surface area contributed by atoms with Crippen LogP contribution in [-0.2, 0) is 6.42 Å². The van der Waals surface area contributed by atoms with Crippen molar-refractivity contribution in [2.75, 3.05) is 6.54 Å². The molecule has 140 valence electrons. The quantitative estimate of drug-likeness (QED) is 0.427. The molecule has 1 heterocycles. The van der Waals surface area contributed by atoms with Crippen molar-refractivity contribution in [1.82, 2.24) is 4.90 Å². The highest BCUT2D eigenvalue weighted by atomic mass is 16.2. The Labute approximate surface area is 155 Å². The van der Waals surface area contributed by atoms with Gasteiger partial charge in [0.1, 0.15) is 0 Å². The summed E-state index contributed by atoms with van der Waals surface area (Å²) >= 11 is 0. The maximum absolute atomic E-state index is 12.5. The molecule has 0 unspecified atom stereocenters. The first-order valence-corrected chi connectivity index (χ1v) is 10.6. The van der Waals surface area contributed by atoms with E-state index in [2.05, 4.69) is 26.0 Å². The van der Waals surface area contributed by atoms with Gasteiger partial charge in [-0.25, -0.2) is 0 Å². The smallest absolute Gasteiger partial charge is 0.254 e. The summed E-state index contributed by atoms with van der Waals surface area (Å²) in [6.07, 6.45) is 15.8. The van der Waals surface area contributed by atoms with Gasteiger partial charge in [-0.3, -0.25) is 4.79 Å². The van der Waals surface area contributed by atoms with E-state index < -0.39 is 0 Å². The number of carbonyl (C=O) groups is 1. The highest BCUT2D eigenvalue weighted by molar-refractivity contribution is 5.94. The molecule has 1 saturated heterocycles. The first-order chi connectivity index (χ1) is 12.2. The summed E-state index contributed by atoms with van der Waals surface area (Å²) in [5, 5.41) is 0. The fourth-order valence-corrected chi connectivity index (χ4v) is 3.85. The molecular formula is C23H37NO. The first-order valence-electron chi connectivity index (χ1n) is 10.6. The number of amides is 1. The second kappa shape index (κ2) is 11.3. The van der Waals surface area contributed by atoms with E-state index in [1.807, 2.05) is 17.0 Å². The van der Waals surface area contributed by atoms with E-state index in [-0.39, 0.29) is 5.91 Å². The number of aryl methyl sites for hydroxylation is 1. The van der Waals surface area contributed by atoms with Gasteiger partial charge in [0, 0.05) is 18.2 Å². The standard InChI is InChI=1S/C23H37NO/c1-3-4-5-6-7-8-9-10-11-14-21-15-17-22(18-16-21)23(25)24-19-12-13-20(24)2/h15-18,20H,3-14,19H2,1-2H3/t20-/m1/s1. The largest absolute Gasteiger partial charge is 0.336 e. The van der Waals surface area contributed by atoms with Crippen LogP contribution in [0.25, 0.3) is 0 Å². The summed E-state index contributed by atoms with van der Waals surface area (Å²) in [5.41, 5.74) is 2.22. The lowest BCUT2D eigenvalue weighted by Crippen LogP contribution is -2.33. The van der Waals surface area contributed by atoms with Crippen LogP contribution in [0, 0.1) is 0 Å². The maximum Gasteiger partial charge on any atom is 0.254 e. The number of hydrogen-bond donors (Lipinski definition) is 0. The van der Waals surface area contributed by atoms with Crippen molar-refractivity contribution in [3.63, 3.8) is 0 Å². The van der Waals surface area contributed by atoms with E-state index in [1.54, 1.807) is 0 Å². The van der Waals surface area contributed by atoms with Crippen molar-refractivity contribution in [2.45, 2.75) is 96.9 Å². The van der Waals surface area contributed by atoms with Gasteiger partial charge >= 0.3 is 0 Å². The third-order valence-corrected chi connectivity index (χ3v) is 5.58. The van der Waals surface area contributed by atoms with Gasteiger partial charge in [-0.1, -0.05) is 70.4 Å². The van der Waals surface area contributed by atoms with Crippen LogP contribution in [0.5, 0.6) is 0 Å². The van der Waals surface area contributed by atoms with E-state index in [9.17, 15) is 4.79 Å². The predicted molar refractivity (Wildman–Crippen MR) is 107 cm³/mol. The van der Waals surface area contributed by atoms with Crippen LogP contribution in [0.2, 0.25) is 0 Å². The topological polar surface area (TPSA) is 20.3 Å². The van der Waals surface area contributed by atoms with E-state index in [0.29, 0.717) is 6.04 Å². The van der Waals surface area contributed by atoms with Crippen LogP contribution < -0.4 is 0 Å². The zero-order valence-corrected chi connectivity index (χ0v) is 16.4. The minimum atomic E-state index is 0.208. The Kier molecular flexibility index (Phi) is 9.07. The third kappa shape index (κ3) is 6.84. The Hall–Kier alpha value is -1.31. The van der Waals surface area contributed by atoms with Crippen LogP contribution >= 0.6 is 0 Å². The Morgan fingerprint density at radius 1 is 0.960 bits per heavy atom. The van der Waals surface area contributed by atoms with Gasteiger partial charge in [-0.15, -0.1) is 0 Å². The Morgan fingerprint density at radius 2 is 1.56 bits per heavy atom. The third-order valence-electron chi connectivity index (χ3n) is 5.58. The minimum Gasteiger partial charge on any atom is -0.336 e. The zero-order chi connectivity index (χ0) is 17.9. The molecular weight excluding hydrogens is 306 g/mol. The van der Waals surface area contributed by atoms with Gasteiger partial charge in [0.05, 0.1) is 0 Å². The van der Waals surface area contributed by atoms with Crippen molar-refractivity contribution in [3.8, 4) is 0 Å². The molecule has 1 fully saturated rings. The average Bonchev–Trinajstić information content (AvgIpc) is 3.06. The fraction of sp³-hybridized carbons (Fsp3) is 0.696. The number of carbonyl (C=O) groups excluding carboxylic acids is 1. The van der Waals surface area contributed by atoms with Crippen LogP contribution in [0.15, 0.2) is 24.3 Å². The molecule has 1 aliphatic rings. The number of nitrogens with zero attached hydrogens (tertiary/aromatic N) is 1. The molecule has 1 amide bonds. The normalized spacial score (nSPS) is 17.2. The lowest BCUT2D eigenvalue weighted by Gasteiger charge is -2.21. The van der Waals surface area contributed by atoms with Gasteiger partial charge in [0.25, 0.3) is 5.91 Å². The van der Waals surface area contributed by atoms with Crippen molar-refractivity contribution < 1.29 is 4.79 Å². The lowest BCUT2D eigenvalue weighted by atomic mass is 10.0. The van der Waals surface area contributed by atoms with E-state index in [4.69, 9.17) is 0 Å². The molecule has 0 saturated carbocycles. The summed E-state index contributed by atoms with van der Waals surface area (Å²) in [5.74, 6) is 0.208. The highest BCUT2D eigenvalue weighted by Crippen LogP contribution is 2.20. The van der Waals surface area contributed by atoms with Gasteiger partial charge in [-0.2, -0.15) is 0 Å². The predicted octanol–water partition coefficient (Wildman–Crippen LogP) is 6.38. The summed E-state index contributed by atoms with van der Waals surface area (Å²) in [7, 11) is 0. The molecule has 0 aromatic heterocycles. The summed E-state index contributed by atoms with van der Waals surface area (Å²) in [6, 6.07) is 8.75. The van der Waals surface area contributed by atoms with Crippen molar-refractivity contribution in [3.05, 3.63) is 35.4 Å². The van der Waals surface area contributed by atoms with Crippen molar-refractivity contribution in [1.29, 1.82) is 0 Å². The number of likely N-dealkylation sites (tertiary alicyclic amines) is 1. The molecule has 0 aliphatic carbocycles. The molecule has 1 aromatic carbocycles. The Bertz CT molecular complexity index is 493. The summed E-state index contributed by atoms with van der Waals surface area (Å²) < 4.78 is 0. The Balaban J connectivity index is 1.61. The molecule has 0 spiro atoms.